The van der Waals surface area contributed by atoms with Crippen LogP contribution in [0, 0.1) is 0 Å². The Bertz CT molecular complexity index is 599. The van der Waals surface area contributed by atoms with E-state index in [4.69, 9.17) is 4.74 Å². The Morgan fingerprint density at radius 3 is 2.85 bits per heavy atom. The molecule has 0 saturated carbocycles. The fourth-order valence-electron chi connectivity index (χ4n) is 1.54. The van der Waals surface area contributed by atoms with Crippen LogP contribution in [0.15, 0.2) is 35.8 Å². The first-order valence-electron chi connectivity index (χ1n) is 5.81. The van der Waals surface area contributed by atoms with Crippen LogP contribution in [0.2, 0.25) is 0 Å². The van der Waals surface area contributed by atoms with Crippen molar-refractivity contribution in [2.75, 3.05) is 19.0 Å². The number of hydrogen-bond donors (Lipinski definition) is 2. The van der Waals surface area contributed by atoms with Crippen molar-refractivity contribution in [3.8, 4) is 5.75 Å². The van der Waals surface area contributed by atoms with Crippen LogP contribution in [0.25, 0.3) is 0 Å². The monoisotopic (exact) mass is 291 g/mol. The molecule has 2 N–H and O–H groups in total. The fourth-order valence-corrected chi connectivity index (χ4v) is 2.08. The van der Waals surface area contributed by atoms with Gasteiger partial charge in [-0.25, -0.2) is 4.98 Å². The molecular formula is C13H13N3O3S. The van der Waals surface area contributed by atoms with Gasteiger partial charge in [0, 0.05) is 11.6 Å². The summed E-state index contributed by atoms with van der Waals surface area (Å²) in [7, 11) is 1.49. The zero-order valence-electron chi connectivity index (χ0n) is 10.8. The second kappa shape index (κ2) is 6.67. The second-order valence-corrected chi connectivity index (χ2v) is 4.66. The molecule has 1 aromatic carbocycles. The van der Waals surface area contributed by atoms with Crippen molar-refractivity contribution in [1.82, 2.24) is 10.3 Å². The maximum Gasteiger partial charge on any atom is 0.255 e. The third kappa shape index (κ3) is 3.55. The third-order valence-corrected chi connectivity index (χ3v) is 3.13. The molecule has 0 saturated heterocycles. The maximum absolute atomic E-state index is 11.9. The highest BCUT2D eigenvalue weighted by molar-refractivity contribution is 7.13. The Balaban J connectivity index is 1.90. The van der Waals surface area contributed by atoms with E-state index in [1.54, 1.807) is 35.8 Å². The van der Waals surface area contributed by atoms with Crippen molar-refractivity contribution in [2.24, 2.45) is 0 Å². The summed E-state index contributed by atoms with van der Waals surface area (Å²) >= 11 is 1.31. The highest BCUT2D eigenvalue weighted by Gasteiger charge is 2.12. The summed E-state index contributed by atoms with van der Waals surface area (Å²) in [5.74, 6) is -0.231. The van der Waals surface area contributed by atoms with E-state index >= 15 is 0 Å². The number of carbonyl (C=O) groups excluding carboxylic acids is 2. The average Bonchev–Trinajstić information content (AvgIpc) is 2.97. The molecule has 0 fully saturated rings. The number of carbonyl (C=O) groups is 2. The highest BCUT2D eigenvalue weighted by atomic mass is 32.1. The Labute approximate surface area is 119 Å². The Kier molecular flexibility index (Phi) is 4.67. The lowest BCUT2D eigenvalue weighted by atomic mass is 10.2. The Hall–Kier alpha value is -2.41. The number of rotatable bonds is 5. The normalized spacial score (nSPS) is 9.85. The first-order valence-corrected chi connectivity index (χ1v) is 6.69. The van der Waals surface area contributed by atoms with E-state index in [2.05, 4.69) is 15.6 Å². The lowest BCUT2D eigenvalue weighted by molar-refractivity contribution is -0.115. The standard InChI is InChI=1S/C13H13N3O3S/c1-19-10-5-3-2-4-9(10)12(18)15-8-11(17)16-13-14-6-7-20-13/h2-7H,8H2,1H3,(H,15,18)(H,14,16,17). The first kappa shape index (κ1) is 14.0. The number of nitrogens with one attached hydrogen (secondary N) is 2. The third-order valence-electron chi connectivity index (χ3n) is 2.44. The predicted octanol–water partition coefficient (Wildman–Crippen LogP) is 1.52. The van der Waals surface area contributed by atoms with E-state index in [0.717, 1.165) is 0 Å². The van der Waals surface area contributed by atoms with Crippen molar-refractivity contribution in [1.29, 1.82) is 0 Å². The quantitative estimate of drug-likeness (QED) is 0.875. The van der Waals surface area contributed by atoms with Crippen LogP contribution < -0.4 is 15.4 Å². The van der Waals surface area contributed by atoms with E-state index in [1.807, 2.05) is 0 Å². The van der Waals surface area contributed by atoms with Crippen LogP contribution in [0.5, 0.6) is 5.75 Å². The van der Waals surface area contributed by atoms with Gasteiger partial charge in [0.05, 0.1) is 19.2 Å². The van der Waals surface area contributed by atoms with Crippen LogP contribution in [0.3, 0.4) is 0 Å². The molecule has 2 aromatic rings. The zero-order chi connectivity index (χ0) is 14.4. The van der Waals surface area contributed by atoms with Crippen molar-refractivity contribution in [2.45, 2.75) is 0 Å². The van der Waals surface area contributed by atoms with Gasteiger partial charge in [-0.05, 0) is 12.1 Å². The molecule has 7 heteroatoms. The minimum Gasteiger partial charge on any atom is -0.496 e. The van der Waals surface area contributed by atoms with Crippen molar-refractivity contribution in [3.63, 3.8) is 0 Å². The number of hydrogen-bond acceptors (Lipinski definition) is 5. The van der Waals surface area contributed by atoms with Crippen LogP contribution in [0.4, 0.5) is 5.13 Å². The van der Waals surface area contributed by atoms with Crippen LogP contribution >= 0.6 is 11.3 Å². The minimum atomic E-state index is -0.364. The molecule has 6 nitrogen and oxygen atoms in total. The number of amides is 2. The molecule has 0 spiro atoms. The van der Waals surface area contributed by atoms with Gasteiger partial charge in [0.25, 0.3) is 5.91 Å². The molecule has 0 aliphatic heterocycles. The molecule has 0 aliphatic rings. The number of methoxy groups -OCH3 is 1. The minimum absolute atomic E-state index is 0.129. The summed E-state index contributed by atoms with van der Waals surface area (Å²) in [4.78, 5) is 27.5. The van der Waals surface area contributed by atoms with E-state index in [0.29, 0.717) is 16.4 Å². The number of para-hydroxylation sites is 1. The largest absolute Gasteiger partial charge is 0.496 e. The molecule has 0 unspecified atom stereocenters. The molecule has 2 amide bonds. The van der Waals surface area contributed by atoms with E-state index in [9.17, 15) is 9.59 Å². The van der Waals surface area contributed by atoms with Gasteiger partial charge in [-0.2, -0.15) is 0 Å². The maximum atomic E-state index is 11.9. The van der Waals surface area contributed by atoms with Gasteiger partial charge in [0.1, 0.15) is 5.75 Å². The molecule has 0 aliphatic carbocycles. The first-order chi connectivity index (χ1) is 9.70. The number of thiazole rings is 1. The Morgan fingerprint density at radius 1 is 1.35 bits per heavy atom. The number of ether oxygens (including phenoxy) is 1. The average molecular weight is 291 g/mol. The summed E-state index contributed by atoms with van der Waals surface area (Å²) in [6.45, 7) is -0.129. The summed E-state index contributed by atoms with van der Waals surface area (Å²) in [6.07, 6.45) is 1.59. The molecule has 2 rings (SSSR count). The van der Waals surface area contributed by atoms with E-state index in [-0.39, 0.29) is 18.4 Å². The summed E-state index contributed by atoms with van der Waals surface area (Å²) in [5, 5.41) is 7.37. The van der Waals surface area contributed by atoms with Crippen LogP contribution in [0.1, 0.15) is 10.4 Å². The molecule has 1 heterocycles. The van der Waals surface area contributed by atoms with Crippen molar-refractivity contribution in [3.05, 3.63) is 41.4 Å². The van der Waals surface area contributed by atoms with E-state index < -0.39 is 0 Å². The van der Waals surface area contributed by atoms with Gasteiger partial charge in [0.2, 0.25) is 5.91 Å². The molecule has 1 aromatic heterocycles. The number of nitrogens with zero attached hydrogens (tertiary/aromatic N) is 1. The predicted molar refractivity (Wildman–Crippen MR) is 76.1 cm³/mol. The second-order valence-electron chi connectivity index (χ2n) is 3.77. The smallest absolute Gasteiger partial charge is 0.255 e. The molecule has 0 radical (unpaired) electrons. The van der Waals surface area contributed by atoms with Gasteiger partial charge in [-0.3, -0.25) is 9.59 Å². The SMILES string of the molecule is COc1ccccc1C(=O)NCC(=O)Nc1nccs1. The Morgan fingerprint density at radius 2 is 2.15 bits per heavy atom. The molecule has 20 heavy (non-hydrogen) atoms. The fraction of sp³-hybridized carbons (Fsp3) is 0.154. The summed E-state index contributed by atoms with van der Waals surface area (Å²) < 4.78 is 5.09. The lowest BCUT2D eigenvalue weighted by Gasteiger charge is -2.08. The van der Waals surface area contributed by atoms with Crippen molar-refractivity contribution < 1.29 is 14.3 Å². The van der Waals surface area contributed by atoms with Gasteiger partial charge >= 0.3 is 0 Å². The van der Waals surface area contributed by atoms with Crippen LogP contribution in [-0.2, 0) is 4.79 Å². The van der Waals surface area contributed by atoms with Gasteiger partial charge in [0.15, 0.2) is 5.13 Å². The lowest BCUT2D eigenvalue weighted by Crippen LogP contribution is -2.33. The topological polar surface area (TPSA) is 80.3 Å². The molecule has 104 valence electrons. The van der Waals surface area contributed by atoms with Crippen molar-refractivity contribution >= 4 is 28.3 Å². The van der Waals surface area contributed by atoms with Crippen LogP contribution in [-0.4, -0.2) is 30.5 Å². The van der Waals surface area contributed by atoms with Gasteiger partial charge in [-0.15, -0.1) is 11.3 Å². The number of aromatic nitrogens is 1. The van der Waals surface area contributed by atoms with E-state index in [1.165, 1.54) is 18.4 Å². The molecular weight excluding hydrogens is 278 g/mol. The highest BCUT2D eigenvalue weighted by Crippen LogP contribution is 2.16. The van der Waals surface area contributed by atoms with Gasteiger partial charge < -0.3 is 15.4 Å². The zero-order valence-corrected chi connectivity index (χ0v) is 11.6. The molecule has 0 atom stereocenters. The summed E-state index contributed by atoms with van der Waals surface area (Å²) in [5.41, 5.74) is 0.386. The van der Waals surface area contributed by atoms with Gasteiger partial charge in [-0.1, -0.05) is 12.1 Å². The number of anilines is 1. The molecule has 0 bridgehead atoms. The summed E-state index contributed by atoms with van der Waals surface area (Å²) in [6, 6.07) is 6.81. The number of benzene rings is 1.